The Labute approximate surface area is 124 Å². The van der Waals surface area contributed by atoms with Crippen molar-refractivity contribution in [3.05, 3.63) is 53.1 Å². The van der Waals surface area contributed by atoms with Crippen molar-refractivity contribution >= 4 is 11.6 Å². The van der Waals surface area contributed by atoms with Gasteiger partial charge in [-0.1, -0.05) is 23.7 Å². The fraction of sp³-hybridized carbons (Fsp3) is 0.250. The van der Waals surface area contributed by atoms with Crippen LogP contribution in [-0.2, 0) is 6.54 Å². The van der Waals surface area contributed by atoms with E-state index in [9.17, 15) is 0 Å². The normalized spacial score (nSPS) is 10.3. The van der Waals surface area contributed by atoms with Crippen LogP contribution >= 0.6 is 11.6 Å². The molecule has 20 heavy (non-hydrogen) atoms. The van der Waals surface area contributed by atoms with Gasteiger partial charge in [0.25, 0.3) is 0 Å². The van der Waals surface area contributed by atoms with E-state index >= 15 is 0 Å². The second kappa shape index (κ2) is 7.17. The predicted molar refractivity (Wildman–Crippen MR) is 81.9 cm³/mol. The molecule has 3 nitrogen and oxygen atoms in total. The molecule has 0 amide bonds. The molecule has 0 unspecified atom stereocenters. The van der Waals surface area contributed by atoms with Crippen LogP contribution in [0.1, 0.15) is 12.5 Å². The first kappa shape index (κ1) is 14.7. The van der Waals surface area contributed by atoms with Gasteiger partial charge in [0.05, 0.1) is 6.61 Å². The molecule has 0 aliphatic rings. The summed E-state index contributed by atoms with van der Waals surface area (Å²) in [6.07, 6.45) is 0. The van der Waals surface area contributed by atoms with E-state index in [2.05, 4.69) is 5.32 Å². The van der Waals surface area contributed by atoms with Gasteiger partial charge in [-0.3, -0.25) is 0 Å². The number of ether oxygens (including phenoxy) is 2. The molecule has 2 rings (SSSR count). The Morgan fingerprint density at radius 3 is 2.50 bits per heavy atom. The SMILES string of the molecule is CCOc1ccccc1Oc1ccc(Cl)cc1CNC. The van der Waals surface area contributed by atoms with E-state index in [0.29, 0.717) is 23.9 Å². The van der Waals surface area contributed by atoms with Crippen molar-refractivity contribution in [3.63, 3.8) is 0 Å². The summed E-state index contributed by atoms with van der Waals surface area (Å²) in [5.41, 5.74) is 1.01. The van der Waals surface area contributed by atoms with Gasteiger partial charge in [-0.2, -0.15) is 0 Å². The summed E-state index contributed by atoms with van der Waals surface area (Å²) in [6, 6.07) is 13.2. The molecule has 0 aliphatic heterocycles. The average Bonchev–Trinajstić information content (AvgIpc) is 2.44. The van der Waals surface area contributed by atoms with Gasteiger partial charge in [0.1, 0.15) is 5.75 Å². The van der Waals surface area contributed by atoms with Crippen LogP contribution in [0.2, 0.25) is 5.02 Å². The minimum Gasteiger partial charge on any atom is -0.490 e. The van der Waals surface area contributed by atoms with E-state index in [1.165, 1.54) is 0 Å². The van der Waals surface area contributed by atoms with Crippen LogP contribution in [0.4, 0.5) is 0 Å². The van der Waals surface area contributed by atoms with Crippen LogP contribution in [0, 0.1) is 0 Å². The summed E-state index contributed by atoms with van der Waals surface area (Å²) in [6.45, 7) is 3.24. The first-order chi connectivity index (χ1) is 9.74. The van der Waals surface area contributed by atoms with Crippen LogP contribution in [0.15, 0.2) is 42.5 Å². The minimum atomic E-state index is 0.602. The lowest BCUT2D eigenvalue weighted by atomic mass is 10.2. The Morgan fingerprint density at radius 1 is 1.05 bits per heavy atom. The van der Waals surface area contributed by atoms with E-state index in [-0.39, 0.29) is 0 Å². The molecule has 1 N–H and O–H groups in total. The van der Waals surface area contributed by atoms with Crippen molar-refractivity contribution in [3.8, 4) is 17.2 Å². The third kappa shape index (κ3) is 3.65. The maximum absolute atomic E-state index is 6.03. The predicted octanol–water partition coefficient (Wildman–Crippen LogP) is 4.25. The maximum Gasteiger partial charge on any atom is 0.169 e. The summed E-state index contributed by atoms with van der Waals surface area (Å²) in [7, 11) is 1.89. The molecule has 2 aromatic rings. The number of hydrogen-bond acceptors (Lipinski definition) is 3. The Kier molecular flexibility index (Phi) is 5.27. The maximum atomic E-state index is 6.03. The Morgan fingerprint density at radius 2 is 1.80 bits per heavy atom. The highest BCUT2D eigenvalue weighted by molar-refractivity contribution is 6.30. The molecule has 0 saturated carbocycles. The molecule has 0 spiro atoms. The first-order valence-electron chi connectivity index (χ1n) is 6.57. The van der Waals surface area contributed by atoms with E-state index < -0.39 is 0 Å². The molecule has 0 fully saturated rings. The standard InChI is InChI=1S/C16H18ClNO2/c1-3-19-15-6-4-5-7-16(15)20-14-9-8-13(17)10-12(14)11-18-2/h4-10,18H,3,11H2,1-2H3. The summed E-state index contributed by atoms with van der Waals surface area (Å²) >= 11 is 6.03. The molecule has 0 saturated heterocycles. The Bertz CT molecular complexity index is 572. The molecule has 106 valence electrons. The Hall–Kier alpha value is -1.71. The van der Waals surface area contributed by atoms with Crippen molar-refractivity contribution in [1.82, 2.24) is 5.32 Å². The zero-order chi connectivity index (χ0) is 14.4. The van der Waals surface area contributed by atoms with Crippen molar-refractivity contribution in [2.24, 2.45) is 0 Å². The average molecular weight is 292 g/mol. The smallest absolute Gasteiger partial charge is 0.169 e. The van der Waals surface area contributed by atoms with Crippen LogP contribution < -0.4 is 14.8 Å². The summed E-state index contributed by atoms with van der Waals surface area (Å²) in [4.78, 5) is 0. The zero-order valence-electron chi connectivity index (χ0n) is 11.7. The highest BCUT2D eigenvalue weighted by Crippen LogP contribution is 2.33. The van der Waals surface area contributed by atoms with Gasteiger partial charge in [-0.05, 0) is 44.3 Å². The number of para-hydroxylation sites is 2. The fourth-order valence-electron chi connectivity index (χ4n) is 1.90. The highest BCUT2D eigenvalue weighted by atomic mass is 35.5. The second-order valence-electron chi connectivity index (χ2n) is 4.26. The highest BCUT2D eigenvalue weighted by Gasteiger charge is 2.09. The third-order valence-corrected chi connectivity index (χ3v) is 2.99. The van der Waals surface area contributed by atoms with E-state index in [4.69, 9.17) is 21.1 Å². The lowest BCUT2D eigenvalue weighted by molar-refractivity contribution is 0.321. The van der Waals surface area contributed by atoms with Gasteiger partial charge >= 0.3 is 0 Å². The van der Waals surface area contributed by atoms with Crippen LogP contribution in [0.5, 0.6) is 17.2 Å². The molecule has 0 heterocycles. The van der Waals surface area contributed by atoms with Crippen molar-refractivity contribution in [2.45, 2.75) is 13.5 Å². The van der Waals surface area contributed by atoms with Gasteiger partial charge in [-0.15, -0.1) is 0 Å². The number of hydrogen-bond donors (Lipinski definition) is 1. The molecule has 0 aromatic heterocycles. The molecular formula is C16H18ClNO2. The Balaban J connectivity index is 2.29. The van der Waals surface area contributed by atoms with Gasteiger partial charge in [0.2, 0.25) is 0 Å². The summed E-state index contributed by atoms with van der Waals surface area (Å²) in [5.74, 6) is 2.21. The van der Waals surface area contributed by atoms with Crippen molar-refractivity contribution in [1.29, 1.82) is 0 Å². The molecule has 0 bridgehead atoms. The van der Waals surface area contributed by atoms with E-state index in [1.807, 2.05) is 56.4 Å². The van der Waals surface area contributed by atoms with E-state index in [0.717, 1.165) is 17.1 Å². The molecule has 4 heteroatoms. The largest absolute Gasteiger partial charge is 0.490 e. The van der Waals surface area contributed by atoms with Gasteiger partial charge < -0.3 is 14.8 Å². The topological polar surface area (TPSA) is 30.5 Å². The lowest BCUT2D eigenvalue weighted by Gasteiger charge is -2.14. The third-order valence-electron chi connectivity index (χ3n) is 2.76. The molecule has 0 atom stereocenters. The molecule has 0 aliphatic carbocycles. The van der Waals surface area contributed by atoms with Crippen LogP contribution in [-0.4, -0.2) is 13.7 Å². The monoisotopic (exact) mass is 291 g/mol. The van der Waals surface area contributed by atoms with Crippen molar-refractivity contribution in [2.75, 3.05) is 13.7 Å². The summed E-state index contributed by atoms with van der Waals surface area (Å²) in [5, 5.41) is 3.80. The van der Waals surface area contributed by atoms with Gasteiger partial charge in [0, 0.05) is 17.1 Å². The minimum absolute atomic E-state index is 0.602. The zero-order valence-corrected chi connectivity index (χ0v) is 12.4. The number of benzene rings is 2. The van der Waals surface area contributed by atoms with Gasteiger partial charge in [-0.25, -0.2) is 0 Å². The number of nitrogens with one attached hydrogen (secondary N) is 1. The van der Waals surface area contributed by atoms with Crippen LogP contribution in [0.3, 0.4) is 0 Å². The first-order valence-corrected chi connectivity index (χ1v) is 6.95. The number of rotatable bonds is 6. The molecular weight excluding hydrogens is 274 g/mol. The number of halogens is 1. The van der Waals surface area contributed by atoms with Gasteiger partial charge in [0.15, 0.2) is 11.5 Å². The summed E-state index contributed by atoms with van der Waals surface area (Å²) < 4.78 is 11.5. The van der Waals surface area contributed by atoms with E-state index in [1.54, 1.807) is 0 Å². The molecule has 0 radical (unpaired) electrons. The fourth-order valence-corrected chi connectivity index (χ4v) is 2.10. The molecule has 2 aromatic carbocycles. The van der Waals surface area contributed by atoms with Crippen LogP contribution in [0.25, 0.3) is 0 Å². The quantitative estimate of drug-likeness (QED) is 0.863. The second-order valence-corrected chi connectivity index (χ2v) is 4.70. The van der Waals surface area contributed by atoms with Crippen molar-refractivity contribution < 1.29 is 9.47 Å². The lowest BCUT2D eigenvalue weighted by Crippen LogP contribution is -2.06.